The summed E-state index contributed by atoms with van der Waals surface area (Å²) in [5.74, 6) is 1.76. The lowest BCUT2D eigenvalue weighted by atomic mass is 10.4. The van der Waals surface area contributed by atoms with E-state index in [0.29, 0.717) is 24.7 Å². The largest absolute Gasteiger partial charge is 0.476 e. The van der Waals surface area contributed by atoms with Crippen LogP contribution >= 0.6 is 11.8 Å². The highest BCUT2D eigenvalue weighted by Gasteiger charge is 2.01. The first-order valence-corrected chi connectivity index (χ1v) is 6.39. The monoisotopic (exact) mass is 241 g/mol. The zero-order valence-electron chi connectivity index (χ0n) is 9.40. The molecule has 1 amide bonds. The zero-order valence-corrected chi connectivity index (χ0v) is 10.2. The number of carbonyl (C=O) groups is 1. The Bertz CT molecular complexity index is 329. The Labute approximate surface area is 99.0 Å². The summed E-state index contributed by atoms with van der Waals surface area (Å²) in [7, 11) is 0. The lowest BCUT2D eigenvalue weighted by Crippen LogP contribution is -2.11. The fourth-order valence-corrected chi connectivity index (χ4v) is 1.17. The van der Waals surface area contributed by atoms with Crippen molar-refractivity contribution < 1.29 is 9.53 Å². The van der Waals surface area contributed by atoms with E-state index in [0.717, 1.165) is 5.75 Å². The van der Waals surface area contributed by atoms with Crippen LogP contribution in [0.5, 0.6) is 5.88 Å². The van der Waals surface area contributed by atoms with Crippen LogP contribution in [-0.4, -0.2) is 34.5 Å². The number of rotatable bonds is 6. The van der Waals surface area contributed by atoms with Crippen molar-refractivity contribution in [1.29, 1.82) is 0 Å². The minimum absolute atomic E-state index is 0.0784. The summed E-state index contributed by atoms with van der Waals surface area (Å²) >= 11 is 1.71. The van der Waals surface area contributed by atoms with Crippen LogP contribution in [0.25, 0.3) is 0 Å². The second kappa shape index (κ2) is 7.05. The third-order valence-electron chi connectivity index (χ3n) is 1.75. The summed E-state index contributed by atoms with van der Waals surface area (Å²) in [4.78, 5) is 19.1. The maximum Gasteiger partial charge on any atom is 0.232 e. The van der Waals surface area contributed by atoms with Gasteiger partial charge in [0.15, 0.2) is 5.82 Å². The van der Waals surface area contributed by atoms with Gasteiger partial charge in [-0.1, -0.05) is 6.92 Å². The Hall–Kier alpha value is -1.30. The van der Waals surface area contributed by atoms with Gasteiger partial charge in [-0.2, -0.15) is 11.8 Å². The molecule has 1 aromatic rings. The average molecular weight is 241 g/mol. The predicted molar refractivity (Wildman–Crippen MR) is 64.8 cm³/mol. The van der Waals surface area contributed by atoms with Crippen molar-refractivity contribution in [3.63, 3.8) is 0 Å². The number of nitrogens with one attached hydrogen (secondary N) is 1. The van der Waals surface area contributed by atoms with Crippen molar-refractivity contribution in [3.05, 3.63) is 12.4 Å². The first-order chi connectivity index (χ1) is 7.76. The summed E-state index contributed by atoms with van der Waals surface area (Å²) in [5.41, 5.74) is 0. The predicted octanol–water partition coefficient (Wildman–Crippen LogP) is 1.57. The molecular weight excluding hydrogens is 226 g/mol. The van der Waals surface area contributed by atoms with E-state index in [4.69, 9.17) is 4.74 Å². The molecule has 1 heterocycles. The van der Waals surface area contributed by atoms with E-state index in [-0.39, 0.29) is 5.91 Å². The number of carbonyl (C=O) groups excluding carboxylic acids is 1. The molecule has 0 radical (unpaired) electrons. The van der Waals surface area contributed by atoms with E-state index in [9.17, 15) is 4.79 Å². The molecule has 0 bridgehead atoms. The van der Waals surface area contributed by atoms with Crippen LogP contribution in [0.1, 0.15) is 13.3 Å². The van der Waals surface area contributed by atoms with Gasteiger partial charge < -0.3 is 10.1 Å². The van der Waals surface area contributed by atoms with Gasteiger partial charge in [0.2, 0.25) is 11.8 Å². The first-order valence-electron chi connectivity index (χ1n) is 5.00. The molecule has 0 atom stereocenters. The van der Waals surface area contributed by atoms with Crippen LogP contribution in [-0.2, 0) is 4.79 Å². The minimum Gasteiger partial charge on any atom is -0.476 e. The molecule has 0 saturated heterocycles. The van der Waals surface area contributed by atoms with Crippen molar-refractivity contribution in [3.8, 4) is 5.88 Å². The number of nitrogens with zero attached hydrogens (tertiary/aromatic N) is 2. The average Bonchev–Trinajstić information content (AvgIpc) is 2.31. The second-order valence-corrected chi connectivity index (χ2v) is 3.97. The fourth-order valence-electron chi connectivity index (χ4n) is 0.916. The molecular formula is C10H15N3O2S. The van der Waals surface area contributed by atoms with Gasteiger partial charge in [0.05, 0.1) is 19.0 Å². The molecule has 1 rings (SSSR count). The normalized spacial score (nSPS) is 9.88. The van der Waals surface area contributed by atoms with Gasteiger partial charge in [-0.3, -0.25) is 4.79 Å². The highest BCUT2D eigenvalue weighted by atomic mass is 32.2. The lowest BCUT2D eigenvalue weighted by Gasteiger charge is -2.05. The molecule has 0 aliphatic rings. The first kappa shape index (κ1) is 12.8. The summed E-state index contributed by atoms with van der Waals surface area (Å²) in [6.45, 7) is 2.39. The third kappa shape index (κ3) is 4.48. The highest BCUT2D eigenvalue weighted by Crippen LogP contribution is 2.08. The number of hydrogen-bond acceptors (Lipinski definition) is 5. The van der Waals surface area contributed by atoms with E-state index in [1.165, 1.54) is 12.4 Å². The molecule has 0 unspecified atom stereocenters. The molecule has 1 aromatic heterocycles. The molecule has 6 heteroatoms. The molecule has 0 aliphatic carbocycles. The van der Waals surface area contributed by atoms with Crippen LogP contribution < -0.4 is 10.1 Å². The number of thioether (sulfide) groups is 1. The third-order valence-corrected chi connectivity index (χ3v) is 2.33. The maximum atomic E-state index is 11.1. The quantitative estimate of drug-likeness (QED) is 0.766. The van der Waals surface area contributed by atoms with Crippen LogP contribution in [0.2, 0.25) is 0 Å². The molecule has 0 aromatic carbocycles. The minimum atomic E-state index is -0.0784. The smallest absolute Gasteiger partial charge is 0.232 e. The number of hydrogen-bond donors (Lipinski definition) is 1. The zero-order chi connectivity index (χ0) is 11.8. The van der Waals surface area contributed by atoms with Crippen molar-refractivity contribution in [2.24, 2.45) is 0 Å². The Kier molecular flexibility index (Phi) is 5.63. The molecule has 1 N–H and O–H groups in total. The molecule has 0 aliphatic heterocycles. The summed E-state index contributed by atoms with van der Waals surface area (Å²) in [6.07, 6.45) is 5.43. The van der Waals surface area contributed by atoms with Crippen LogP contribution in [0.4, 0.5) is 5.82 Å². The van der Waals surface area contributed by atoms with Crippen molar-refractivity contribution in [2.45, 2.75) is 13.3 Å². The van der Waals surface area contributed by atoms with Crippen molar-refractivity contribution in [1.82, 2.24) is 9.97 Å². The highest BCUT2D eigenvalue weighted by molar-refractivity contribution is 7.98. The Morgan fingerprint density at radius 3 is 2.88 bits per heavy atom. The van der Waals surface area contributed by atoms with Crippen molar-refractivity contribution >= 4 is 23.5 Å². The molecule has 5 nitrogen and oxygen atoms in total. The van der Waals surface area contributed by atoms with Gasteiger partial charge in [0.1, 0.15) is 0 Å². The van der Waals surface area contributed by atoms with E-state index in [1.807, 2.05) is 6.26 Å². The van der Waals surface area contributed by atoms with E-state index < -0.39 is 0 Å². The summed E-state index contributed by atoms with van der Waals surface area (Å²) in [6, 6.07) is 0. The standard InChI is InChI=1S/C10H15N3O2S/c1-3-9(14)13-8-6-12-10(7-11-8)15-4-5-16-2/h6-7H,3-5H2,1-2H3,(H,11,13,14). The van der Waals surface area contributed by atoms with Crippen LogP contribution in [0, 0.1) is 0 Å². The van der Waals surface area contributed by atoms with Gasteiger partial charge >= 0.3 is 0 Å². The van der Waals surface area contributed by atoms with E-state index in [1.54, 1.807) is 18.7 Å². The SMILES string of the molecule is CCC(=O)Nc1cnc(OCCSC)cn1. The topological polar surface area (TPSA) is 64.1 Å². The van der Waals surface area contributed by atoms with E-state index in [2.05, 4.69) is 15.3 Å². The Morgan fingerprint density at radius 1 is 1.50 bits per heavy atom. The number of aromatic nitrogens is 2. The van der Waals surface area contributed by atoms with Gasteiger partial charge in [-0.25, -0.2) is 9.97 Å². The second-order valence-electron chi connectivity index (χ2n) is 2.98. The molecule has 0 fully saturated rings. The van der Waals surface area contributed by atoms with Crippen molar-refractivity contribution in [2.75, 3.05) is 23.9 Å². The summed E-state index contributed by atoms with van der Waals surface area (Å²) in [5, 5.41) is 2.61. The number of amides is 1. The molecule has 16 heavy (non-hydrogen) atoms. The van der Waals surface area contributed by atoms with Crippen LogP contribution in [0.3, 0.4) is 0 Å². The van der Waals surface area contributed by atoms with Gasteiger partial charge in [0, 0.05) is 12.2 Å². The maximum absolute atomic E-state index is 11.1. The number of anilines is 1. The van der Waals surface area contributed by atoms with Crippen LogP contribution in [0.15, 0.2) is 12.4 Å². The number of ether oxygens (including phenoxy) is 1. The Balaban J connectivity index is 2.44. The summed E-state index contributed by atoms with van der Waals surface area (Å²) < 4.78 is 5.33. The van der Waals surface area contributed by atoms with Gasteiger partial charge in [0.25, 0.3) is 0 Å². The van der Waals surface area contributed by atoms with E-state index >= 15 is 0 Å². The van der Waals surface area contributed by atoms with Gasteiger partial charge in [-0.05, 0) is 6.26 Å². The fraction of sp³-hybridized carbons (Fsp3) is 0.500. The Morgan fingerprint density at radius 2 is 2.31 bits per heavy atom. The molecule has 0 saturated carbocycles. The molecule has 88 valence electrons. The lowest BCUT2D eigenvalue weighted by molar-refractivity contribution is -0.115. The molecule has 0 spiro atoms. The van der Waals surface area contributed by atoms with Gasteiger partial charge in [-0.15, -0.1) is 0 Å².